The van der Waals surface area contributed by atoms with E-state index in [4.69, 9.17) is 0 Å². The Morgan fingerprint density at radius 2 is 1.95 bits per heavy atom. The van der Waals surface area contributed by atoms with E-state index in [-0.39, 0.29) is 16.5 Å². The Labute approximate surface area is 127 Å². The van der Waals surface area contributed by atoms with Crippen LogP contribution >= 0.6 is 0 Å². The minimum Gasteiger partial charge on any atom is -0.351 e. The number of carbonyl (C=O) groups excluding carboxylic acids is 1. The van der Waals surface area contributed by atoms with Crippen LogP contribution in [0.2, 0.25) is 0 Å². The minimum absolute atomic E-state index is 0.00359. The van der Waals surface area contributed by atoms with Gasteiger partial charge in [0.25, 0.3) is 15.9 Å². The van der Waals surface area contributed by atoms with Gasteiger partial charge in [-0.1, -0.05) is 0 Å². The highest BCUT2D eigenvalue weighted by Gasteiger charge is 2.23. The quantitative estimate of drug-likeness (QED) is 0.899. The van der Waals surface area contributed by atoms with Gasteiger partial charge in [-0.15, -0.1) is 0 Å². The Kier molecular flexibility index (Phi) is 3.61. The maximum absolute atomic E-state index is 12.9. The van der Waals surface area contributed by atoms with Gasteiger partial charge in [-0.05, 0) is 36.8 Å². The Hall–Kier alpha value is -2.35. The Morgan fingerprint density at radius 1 is 1.23 bits per heavy atom. The van der Waals surface area contributed by atoms with Gasteiger partial charge in [-0.3, -0.25) is 9.52 Å². The van der Waals surface area contributed by atoms with E-state index in [0.717, 1.165) is 6.42 Å². The largest absolute Gasteiger partial charge is 0.351 e. The molecule has 0 fully saturated rings. The molecule has 116 valence electrons. The molecule has 22 heavy (non-hydrogen) atoms. The Bertz CT molecular complexity index is 812. The van der Waals surface area contributed by atoms with Gasteiger partial charge < -0.3 is 9.88 Å². The van der Waals surface area contributed by atoms with Crippen molar-refractivity contribution in [3.8, 4) is 0 Å². The van der Waals surface area contributed by atoms with Crippen molar-refractivity contribution >= 4 is 21.6 Å². The molecule has 0 unspecified atom stereocenters. The molecular formula is C14H14FN3O3S. The number of hydrogen-bond donors (Lipinski definition) is 2. The number of nitrogens with one attached hydrogen (secondary N) is 2. The zero-order valence-electron chi connectivity index (χ0n) is 11.5. The maximum atomic E-state index is 12.9. The Morgan fingerprint density at radius 3 is 2.68 bits per heavy atom. The molecule has 2 heterocycles. The van der Waals surface area contributed by atoms with Crippen molar-refractivity contribution in [2.24, 2.45) is 0 Å². The molecule has 0 saturated heterocycles. The van der Waals surface area contributed by atoms with Gasteiger partial charge in [-0.25, -0.2) is 12.8 Å². The topological polar surface area (TPSA) is 80.2 Å². The number of nitrogens with zero attached hydrogens (tertiary/aromatic N) is 1. The van der Waals surface area contributed by atoms with Crippen LogP contribution in [0.25, 0.3) is 0 Å². The van der Waals surface area contributed by atoms with E-state index < -0.39 is 15.8 Å². The highest BCUT2D eigenvalue weighted by molar-refractivity contribution is 7.92. The van der Waals surface area contributed by atoms with Crippen LogP contribution in [0.4, 0.5) is 10.1 Å². The fourth-order valence-electron chi connectivity index (χ4n) is 2.28. The lowest BCUT2D eigenvalue weighted by molar-refractivity contribution is 0.0951. The summed E-state index contributed by atoms with van der Waals surface area (Å²) in [4.78, 5) is 11.9. The standard InChI is InChI=1S/C14H14FN3O3S/c15-10-2-4-11(5-3-10)17-22(20,21)12-8-13-14(19)16-6-1-7-18(13)9-12/h2-5,8-9,17H,1,6-7H2,(H,16,19). The number of hydrogen-bond acceptors (Lipinski definition) is 3. The van der Waals surface area contributed by atoms with Crippen LogP contribution in [0.15, 0.2) is 41.4 Å². The third-order valence-corrected chi connectivity index (χ3v) is 4.72. The van der Waals surface area contributed by atoms with Gasteiger partial charge in [0, 0.05) is 25.0 Å². The zero-order chi connectivity index (χ0) is 15.7. The first-order valence-electron chi connectivity index (χ1n) is 6.72. The van der Waals surface area contributed by atoms with Gasteiger partial charge in [0.1, 0.15) is 16.4 Å². The van der Waals surface area contributed by atoms with E-state index in [9.17, 15) is 17.6 Å². The van der Waals surface area contributed by atoms with Crippen LogP contribution < -0.4 is 10.0 Å². The zero-order valence-corrected chi connectivity index (χ0v) is 12.4. The second-order valence-corrected chi connectivity index (χ2v) is 6.66. The lowest BCUT2D eigenvalue weighted by Crippen LogP contribution is -2.22. The predicted octanol–water partition coefficient (Wildman–Crippen LogP) is 1.56. The molecule has 0 atom stereocenters. The van der Waals surface area contributed by atoms with Crippen LogP contribution in [0.3, 0.4) is 0 Å². The number of aryl methyl sites for hydroxylation is 1. The summed E-state index contributed by atoms with van der Waals surface area (Å²) in [5, 5.41) is 2.70. The summed E-state index contributed by atoms with van der Waals surface area (Å²) in [7, 11) is -3.83. The molecule has 6 nitrogen and oxygen atoms in total. The fourth-order valence-corrected chi connectivity index (χ4v) is 3.38. The van der Waals surface area contributed by atoms with Crippen LogP contribution in [0, 0.1) is 5.82 Å². The van der Waals surface area contributed by atoms with Gasteiger partial charge in [0.05, 0.1) is 0 Å². The number of rotatable bonds is 3. The van der Waals surface area contributed by atoms with E-state index in [1.54, 1.807) is 4.57 Å². The molecule has 1 aliphatic heterocycles. The van der Waals surface area contributed by atoms with Gasteiger partial charge in [-0.2, -0.15) is 0 Å². The molecule has 2 N–H and O–H groups in total. The van der Waals surface area contributed by atoms with E-state index in [1.165, 1.54) is 36.5 Å². The van der Waals surface area contributed by atoms with Crippen molar-refractivity contribution < 1.29 is 17.6 Å². The molecule has 0 aliphatic carbocycles. The smallest absolute Gasteiger partial charge is 0.267 e. The van der Waals surface area contributed by atoms with Gasteiger partial charge in [0.2, 0.25) is 0 Å². The molecule has 1 aliphatic rings. The number of sulfonamides is 1. The lowest BCUT2D eigenvalue weighted by atomic mass is 10.3. The summed E-state index contributed by atoms with van der Waals surface area (Å²) in [5.74, 6) is -0.740. The SMILES string of the molecule is O=C1NCCCn2cc(S(=O)(=O)Nc3ccc(F)cc3)cc21. The molecule has 8 heteroatoms. The van der Waals surface area contributed by atoms with Gasteiger partial charge >= 0.3 is 0 Å². The second kappa shape index (κ2) is 5.45. The van der Waals surface area contributed by atoms with Gasteiger partial charge in [0.15, 0.2) is 0 Å². The van der Waals surface area contributed by atoms with Crippen LogP contribution in [-0.4, -0.2) is 25.4 Å². The minimum atomic E-state index is -3.83. The van der Waals surface area contributed by atoms with Crippen molar-refractivity contribution in [1.82, 2.24) is 9.88 Å². The summed E-state index contributed by atoms with van der Waals surface area (Å²) in [6.45, 7) is 1.14. The molecule has 1 aromatic carbocycles. The highest BCUT2D eigenvalue weighted by Crippen LogP contribution is 2.20. The van der Waals surface area contributed by atoms with Crippen molar-refractivity contribution in [2.75, 3.05) is 11.3 Å². The van der Waals surface area contributed by atoms with E-state index >= 15 is 0 Å². The monoisotopic (exact) mass is 323 g/mol. The van der Waals surface area contributed by atoms with E-state index in [1.807, 2.05) is 0 Å². The highest BCUT2D eigenvalue weighted by atomic mass is 32.2. The van der Waals surface area contributed by atoms with Crippen molar-refractivity contribution in [3.63, 3.8) is 0 Å². The van der Waals surface area contributed by atoms with E-state index in [0.29, 0.717) is 18.8 Å². The maximum Gasteiger partial charge on any atom is 0.267 e. The second-order valence-electron chi connectivity index (χ2n) is 4.98. The normalized spacial score (nSPS) is 14.9. The molecule has 3 rings (SSSR count). The predicted molar refractivity (Wildman–Crippen MR) is 78.6 cm³/mol. The first kappa shape index (κ1) is 14.6. The molecular weight excluding hydrogens is 309 g/mol. The first-order valence-corrected chi connectivity index (χ1v) is 8.21. The van der Waals surface area contributed by atoms with Crippen molar-refractivity contribution in [1.29, 1.82) is 0 Å². The van der Waals surface area contributed by atoms with Crippen molar-refractivity contribution in [3.05, 3.63) is 48.0 Å². The number of benzene rings is 1. The molecule has 1 amide bonds. The summed E-state index contributed by atoms with van der Waals surface area (Å²) in [5.41, 5.74) is 0.573. The molecule has 1 aromatic heterocycles. The van der Waals surface area contributed by atoms with Crippen molar-refractivity contribution in [2.45, 2.75) is 17.9 Å². The average molecular weight is 323 g/mol. The molecule has 2 aromatic rings. The third-order valence-electron chi connectivity index (χ3n) is 3.37. The molecule has 0 saturated carbocycles. The Balaban J connectivity index is 1.91. The first-order chi connectivity index (χ1) is 10.5. The summed E-state index contributed by atoms with van der Waals surface area (Å²) >= 11 is 0. The number of fused-ring (bicyclic) bond motifs is 1. The fraction of sp³-hybridized carbons (Fsp3) is 0.214. The van der Waals surface area contributed by atoms with Crippen LogP contribution in [0.5, 0.6) is 0 Å². The molecule has 0 bridgehead atoms. The number of anilines is 1. The summed E-state index contributed by atoms with van der Waals surface area (Å²) in [6.07, 6.45) is 2.17. The van der Waals surface area contributed by atoms with E-state index in [2.05, 4.69) is 10.0 Å². The number of carbonyl (C=O) groups is 1. The van der Waals surface area contributed by atoms with Crippen LogP contribution in [-0.2, 0) is 16.6 Å². The third kappa shape index (κ3) is 2.82. The lowest BCUT2D eigenvalue weighted by Gasteiger charge is -2.06. The number of aromatic nitrogens is 1. The summed E-state index contributed by atoms with van der Waals surface area (Å²) in [6, 6.07) is 6.34. The molecule has 0 spiro atoms. The number of halogens is 1. The average Bonchev–Trinajstić information content (AvgIpc) is 2.84. The number of amides is 1. The summed E-state index contributed by atoms with van der Waals surface area (Å²) < 4.78 is 41.5. The molecule has 0 radical (unpaired) electrons. The van der Waals surface area contributed by atoms with Crippen LogP contribution in [0.1, 0.15) is 16.9 Å².